The molecule has 0 radical (unpaired) electrons. The highest BCUT2D eigenvalue weighted by atomic mass is 16.5. The van der Waals surface area contributed by atoms with E-state index in [4.69, 9.17) is 4.74 Å². The summed E-state index contributed by atoms with van der Waals surface area (Å²) >= 11 is 0. The highest BCUT2D eigenvalue weighted by Crippen LogP contribution is 2.56. The minimum Gasteiger partial charge on any atom is -0.455 e. The Kier molecular flexibility index (Phi) is 4.30. The van der Waals surface area contributed by atoms with Gasteiger partial charge in [-0.15, -0.1) is 0 Å². The van der Waals surface area contributed by atoms with Crippen LogP contribution >= 0.6 is 0 Å². The van der Waals surface area contributed by atoms with Crippen LogP contribution in [0, 0.1) is 29.6 Å². The molecule has 5 rings (SSSR count). The fraction of sp³-hybridized carbons (Fsp3) is 0.600. The first-order chi connectivity index (χ1) is 11.7. The average Bonchev–Trinajstić information content (AvgIpc) is 2.58. The van der Waals surface area contributed by atoms with Gasteiger partial charge in [0.25, 0.3) is 5.91 Å². The minimum atomic E-state index is -0.226. The molecule has 0 spiro atoms. The van der Waals surface area contributed by atoms with E-state index >= 15 is 0 Å². The van der Waals surface area contributed by atoms with Crippen molar-refractivity contribution in [2.45, 2.75) is 38.6 Å². The molecule has 1 amide bonds. The van der Waals surface area contributed by atoms with Crippen LogP contribution in [0.1, 0.15) is 37.7 Å². The van der Waals surface area contributed by atoms with E-state index in [0.717, 1.165) is 17.4 Å². The predicted octanol–water partition coefficient (Wildman–Crippen LogP) is 2.92. The molecule has 128 valence electrons. The molecule has 0 aromatic heterocycles. The number of nitrogens with one attached hydrogen (secondary N) is 1. The Hall–Kier alpha value is -1.84. The third-order valence-corrected chi connectivity index (χ3v) is 6.18. The molecule has 1 aromatic carbocycles. The molecule has 24 heavy (non-hydrogen) atoms. The van der Waals surface area contributed by atoms with Crippen LogP contribution in [-0.2, 0) is 20.9 Å². The van der Waals surface area contributed by atoms with E-state index < -0.39 is 0 Å². The molecule has 0 unspecified atom stereocenters. The van der Waals surface area contributed by atoms with Gasteiger partial charge in [-0.2, -0.15) is 0 Å². The van der Waals surface area contributed by atoms with Crippen molar-refractivity contribution in [1.29, 1.82) is 0 Å². The second-order valence-electron chi connectivity index (χ2n) is 7.83. The van der Waals surface area contributed by atoms with Gasteiger partial charge in [0.15, 0.2) is 6.61 Å². The predicted molar refractivity (Wildman–Crippen MR) is 89.8 cm³/mol. The molecule has 4 heteroatoms. The van der Waals surface area contributed by atoms with Gasteiger partial charge < -0.3 is 10.1 Å². The smallest absolute Gasteiger partial charge is 0.310 e. The van der Waals surface area contributed by atoms with Crippen molar-refractivity contribution in [3.8, 4) is 0 Å². The van der Waals surface area contributed by atoms with Crippen LogP contribution in [-0.4, -0.2) is 18.5 Å². The van der Waals surface area contributed by atoms with E-state index in [0.29, 0.717) is 18.4 Å². The largest absolute Gasteiger partial charge is 0.455 e. The van der Waals surface area contributed by atoms with Crippen molar-refractivity contribution in [3.05, 3.63) is 35.9 Å². The van der Waals surface area contributed by atoms with Crippen molar-refractivity contribution < 1.29 is 14.3 Å². The molecule has 0 aliphatic heterocycles. The van der Waals surface area contributed by atoms with Gasteiger partial charge in [-0.1, -0.05) is 30.3 Å². The minimum absolute atomic E-state index is 0.0414. The monoisotopic (exact) mass is 327 g/mol. The standard InChI is InChI=1S/C20H25NO3/c22-18(21-11-13-4-2-1-3-5-13)12-24-20(23)19-16-7-14-6-15(9-16)10-17(19)8-14/h1-5,14-17,19H,6-12H2,(H,21,22). The van der Waals surface area contributed by atoms with Gasteiger partial charge in [-0.25, -0.2) is 0 Å². The number of carbonyl (C=O) groups is 2. The van der Waals surface area contributed by atoms with E-state index in [1.807, 2.05) is 30.3 Å². The van der Waals surface area contributed by atoms with Gasteiger partial charge in [-0.3, -0.25) is 9.59 Å². The molecular weight excluding hydrogens is 302 g/mol. The molecule has 1 N–H and O–H groups in total. The summed E-state index contributed by atoms with van der Waals surface area (Å²) in [5, 5.41) is 2.81. The van der Waals surface area contributed by atoms with Crippen LogP contribution in [0.3, 0.4) is 0 Å². The maximum absolute atomic E-state index is 12.5. The molecule has 0 atom stereocenters. The van der Waals surface area contributed by atoms with Gasteiger partial charge in [-0.05, 0) is 61.3 Å². The van der Waals surface area contributed by atoms with Crippen molar-refractivity contribution in [1.82, 2.24) is 5.32 Å². The summed E-state index contributed by atoms with van der Waals surface area (Å²) in [6.45, 7) is 0.309. The summed E-state index contributed by atoms with van der Waals surface area (Å²) in [7, 11) is 0. The Labute approximate surface area is 143 Å². The molecule has 0 heterocycles. The molecule has 4 aliphatic rings. The van der Waals surface area contributed by atoms with Crippen molar-refractivity contribution in [3.63, 3.8) is 0 Å². The van der Waals surface area contributed by atoms with E-state index in [1.165, 1.54) is 32.1 Å². The maximum Gasteiger partial charge on any atom is 0.310 e. The quantitative estimate of drug-likeness (QED) is 0.846. The Bertz CT molecular complexity index is 585. The molecule has 4 aliphatic carbocycles. The first-order valence-corrected chi connectivity index (χ1v) is 9.16. The number of hydrogen-bond acceptors (Lipinski definition) is 3. The Morgan fingerprint density at radius 3 is 2.21 bits per heavy atom. The van der Waals surface area contributed by atoms with Crippen molar-refractivity contribution >= 4 is 11.9 Å². The van der Waals surface area contributed by atoms with Gasteiger partial charge in [0, 0.05) is 6.54 Å². The summed E-state index contributed by atoms with van der Waals surface area (Å²) in [6, 6.07) is 9.74. The number of amides is 1. The summed E-state index contributed by atoms with van der Waals surface area (Å²) in [5.74, 6) is 2.35. The SMILES string of the molecule is O=C(COC(=O)C1C2CC3CC(C2)CC1C3)NCc1ccccc1. The van der Waals surface area contributed by atoms with E-state index in [-0.39, 0.29) is 24.4 Å². The van der Waals surface area contributed by atoms with Crippen LogP contribution in [0.4, 0.5) is 0 Å². The second kappa shape index (κ2) is 6.58. The maximum atomic E-state index is 12.5. The van der Waals surface area contributed by atoms with Gasteiger partial charge >= 0.3 is 5.97 Å². The van der Waals surface area contributed by atoms with Crippen LogP contribution in [0.25, 0.3) is 0 Å². The Balaban J connectivity index is 1.25. The lowest BCUT2D eigenvalue weighted by molar-refractivity contribution is -0.164. The normalized spacial score (nSPS) is 33.2. The number of benzene rings is 1. The molecule has 4 nitrogen and oxygen atoms in total. The molecule has 4 fully saturated rings. The Morgan fingerprint density at radius 1 is 0.958 bits per heavy atom. The van der Waals surface area contributed by atoms with Crippen molar-refractivity contribution in [2.75, 3.05) is 6.61 Å². The van der Waals surface area contributed by atoms with Gasteiger partial charge in [0.2, 0.25) is 0 Å². The summed E-state index contributed by atoms with van der Waals surface area (Å²) < 4.78 is 5.37. The molecule has 0 saturated heterocycles. The molecular formula is C20H25NO3. The van der Waals surface area contributed by atoms with E-state index in [2.05, 4.69) is 5.32 Å². The number of hydrogen-bond donors (Lipinski definition) is 1. The van der Waals surface area contributed by atoms with Crippen LogP contribution in [0.5, 0.6) is 0 Å². The number of ether oxygens (including phenoxy) is 1. The van der Waals surface area contributed by atoms with E-state index in [9.17, 15) is 9.59 Å². The zero-order valence-corrected chi connectivity index (χ0v) is 13.9. The average molecular weight is 327 g/mol. The molecule has 1 aromatic rings. The topological polar surface area (TPSA) is 55.4 Å². The zero-order chi connectivity index (χ0) is 16.5. The third-order valence-electron chi connectivity index (χ3n) is 6.18. The fourth-order valence-corrected chi connectivity index (χ4v) is 5.39. The van der Waals surface area contributed by atoms with Gasteiger partial charge in [0.1, 0.15) is 0 Å². The number of carbonyl (C=O) groups excluding carboxylic acids is 2. The summed E-state index contributed by atoms with van der Waals surface area (Å²) in [5.41, 5.74) is 1.04. The lowest BCUT2D eigenvalue weighted by atomic mass is 9.52. The lowest BCUT2D eigenvalue weighted by Crippen LogP contribution is -2.48. The fourth-order valence-electron chi connectivity index (χ4n) is 5.39. The summed E-state index contributed by atoms with van der Waals surface area (Å²) in [4.78, 5) is 24.4. The highest BCUT2D eigenvalue weighted by molar-refractivity contribution is 5.81. The number of rotatable bonds is 5. The van der Waals surface area contributed by atoms with Gasteiger partial charge in [0.05, 0.1) is 5.92 Å². The Morgan fingerprint density at radius 2 is 1.58 bits per heavy atom. The lowest BCUT2D eigenvalue weighted by Gasteiger charge is -2.53. The first kappa shape index (κ1) is 15.7. The van der Waals surface area contributed by atoms with E-state index in [1.54, 1.807) is 0 Å². The number of esters is 1. The molecule has 4 bridgehead atoms. The third kappa shape index (κ3) is 3.19. The zero-order valence-electron chi connectivity index (χ0n) is 13.9. The highest BCUT2D eigenvalue weighted by Gasteiger charge is 2.51. The van der Waals surface area contributed by atoms with Crippen LogP contribution in [0.2, 0.25) is 0 Å². The second-order valence-corrected chi connectivity index (χ2v) is 7.83. The molecule has 4 saturated carbocycles. The first-order valence-electron chi connectivity index (χ1n) is 9.16. The van der Waals surface area contributed by atoms with Crippen molar-refractivity contribution in [2.24, 2.45) is 29.6 Å². The van der Waals surface area contributed by atoms with Crippen LogP contribution in [0.15, 0.2) is 30.3 Å². The summed E-state index contributed by atoms with van der Waals surface area (Å²) in [6.07, 6.45) is 6.12. The van der Waals surface area contributed by atoms with Crippen LogP contribution < -0.4 is 5.32 Å².